The summed E-state index contributed by atoms with van der Waals surface area (Å²) >= 11 is 6.24. The van der Waals surface area contributed by atoms with Crippen LogP contribution in [0.4, 0.5) is 5.82 Å². The Kier molecular flexibility index (Phi) is 8.12. The average Bonchev–Trinajstić information content (AvgIpc) is 3.05. The number of aliphatic imine (C=N–C) groups is 1. The molecule has 6 nitrogen and oxygen atoms in total. The third kappa shape index (κ3) is 5.83. The number of nitrogens with zero attached hydrogens (tertiary/aromatic N) is 3. The van der Waals surface area contributed by atoms with E-state index in [2.05, 4.69) is 25.5 Å². The van der Waals surface area contributed by atoms with Crippen LogP contribution in [0.1, 0.15) is 25.7 Å². The number of anilines is 1. The van der Waals surface area contributed by atoms with Gasteiger partial charge >= 0.3 is 0 Å². The van der Waals surface area contributed by atoms with Gasteiger partial charge in [0.2, 0.25) is 0 Å². The van der Waals surface area contributed by atoms with E-state index >= 15 is 0 Å². The fourth-order valence-corrected chi connectivity index (χ4v) is 3.06. The molecule has 1 aromatic rings. The number of nitrogens with one attached hydrogen (secondary N) is 2. The maximum absolute atomic E-state index is 6.24. The Hall–Kier alpha value is -1.53. The fourth-order valence-electron chi connectivity index (χ4n) is 2.82. The summed E-state index contributed by atoms with van der Waals surface area (Å²) in [7, 11) is 3.55. The third-order valence-electron chi connectivity index (χ3n) is 4.11. The number of hydrogen-bond donors (Lipinski definition) is 2. The molecule has 1 saturated heterocycles. The van der Waals surface area contributed by atoms with Crippen LogP contribution in [-0.4, -0.2) is 57.4 Å². The van der Waals surface area contributed by atoms with E-state index in [9.17, 15) is 0 Å². The SMILES string of the molecule is CN=C(NCCCCCOC)NC1CCN(c2ncccc2Cl)C1. The number of guanidine groups is 1. The summed E-state index contributed by atoms with van der Waals surface area (Å²) in [5, 5.41) is 7.57. The van der Waals surface area contributed by atoms with Gasteiger partial charge in [-0.3, -0.25) is 4.99 Å². The molecule has 0 amide bonds. The van der Waals surface area contributed by atoms with Crippen LogP contribution in [0.15, 0.2) is 23.3 Å². The Labute approximate surface area is 149 Å². The molecule has 24 heavy (non-hydrogen) atoms. The minimum atomic E-state index is 0.350. The van der Waals surface area contributed by atoms with Crippen molar-refractivity contribution in [3.8, 4) is 0 Å². The highest BCUT2D eigenvalue weighted by Crippen LogP contribution is 2.25. The number of unbranched alkanes of at least 4 members (excludes halogenated alkanes) is 2. The molecule has 0 aromatic carbocycles. The fraction of sp³-hybridized carbons (Fsp3) is 0.647. The predicted octanol–water partition coefficient (Wildman–Crippen LogP) is 2.30. The van der Waals surface area contributed by atoms with Gasteiger partial charge < -0.3 is 20.3 Å². The highest BCUT2D eigenvalue weighted by molar-refractivity contribution is 6.32. The van der Waals surface area contributed by atoms with Crippen LogP contribution in [-0.2, 0) is 4.74 Å². The predicted molar refractivity (Wildman–Crippen MR) is 100 cm³/mol. The number of hydrogen-bond acceptors (Lipinski definition) is 4. The lowest BCUT2D eigenvalue weighted by Gasteiger charge is -2.20. The zero-order valence-corrected chi connectivity index (χ0v) is 15.4. The summed E-state index contributed by atoms with van der Waals surface area (Å²) in [6, 6.07) is 4.09. The summed E-state index contributed by atoms with van der Waals surface area (Å²) in [6.07, 6.45) is 6.21. The first kappa shape index (κ1) is 18.8. The number of rotatable bonds is 8. The lowest BCUT2D eigenvalue weighted by atomic mass is 10.2. The summed E-state index contributed by atoms with van der Waals surface area (Å²) in [5.41, 5.74) is 0. The monoisotopic (exact) mass is 353 g/mol. The molecule has 1 unspecified atom stereocenters. The van der Waals surface area contributed by atoms with Gasteiger partial charge in [-0.05, 0) is 37.8 Å². The smallest absolute Gasteiger partial charge is 0.191 e. The number of aromatic nitrogens is 1. The molecule has 1 fully saturated rings. The van der Waals surface area contributed by atoms with Crippen molar-refractivity contribution in [2.75, 3.05) is 45.3 Å². The number of ether oxygens (including phenoxy) is 1. The van der Waals surface area contributed by atoms with Crippen LogP contribution in [0, 0.1) is 0 Å². The Balaban J connectivity index is 1.72. The van der Waals surface area contributed by atoms with E-state index in [1.165, 1.54) is 0 Å². The molecule has 2 rings (SSSR count). The highest BCUT2D eigenvalue weighted by atomic mass is 35.5. The zero-order valence-electron chi connectivity index (χ0n) is 14.6. The van der Waals surface area contributed by atoms with Gasteiger partial charge in [0.1, 0.15) is 5.82 Å². The van der Waals surface area contributed by atoms with Gasteiger partial charge in [-0.15, -0.1) is 0 Å². The van der Waals surface area contributed by atoms with Gasteiger partial charge in [0, 0.05) is 52.6 Å². The lowest BCUT2D eigenvalue weighted by Crippen LogP contribution is -2.44. The van der Waals surface area contributed by atoms with Crippen LogP contribution in [0.5, 0.6) is 0 Å². The third-order valence-corrected chi connectivity index (χ3v) is 4.40. The molecular formula is C17H28ClN5O. The molecule has 0 spiro atoms. The Morgan fingerprint density at radius 1 is 1.46 bits per heavy atom. The Morgan fingerprint density at radius 2 is 2.33 bits per heavy atom. The number of pyridine rings is 1. The van der Waals surface area contributed by atoms with E-state index in [4.69, 9.17) is 16.3 Å². The second kappa shape index (κ2) is 10.4. The summed E-state index contributed by atoms with van der Waals surface area (Å²) in [6.45, 7) is 3.58. The van der Waals surface area contributed by atoms with Crippen LogP contribution in [0.3, 0.4) is 0 Å². The first-order chi connectivity index (χ1) is 11.7. The lowest BCUT2D eigenvalue weighted by molar-refractivity contribution is 0.192. The molecule has 0 radical (unpaired) electrons. The molecule has 1 aliphatic rings. The molecule has 1 aliphatic heterocycles. The largest absolute Gasteiger partial charge is 0.385 e. The van der Waals surface area contributed by atoms with E-state index in [1.54, 1.807) is 13.3 Å². The Morgan fingerprint density at radius 3 is 3.08 bits per heavy atom. The zero-order chi connectivity index (χ0) is 17.2. The second-order valence-corrected chi connectivity index (χ2v) is 6.34. The Bertz CT molecular complexity index is 525. The quantitative estimate of drug-likeness (QED) is 0.426. The number of halogens is 1. The van der Waals surface area contributed by atoms with Crippen molar-refractivity contribution >= 4 is 23.4 Å². The molecule has 134 valence electrons. The molecule has 0 bridgehead atoms. The van der Waals surface area contributed by atoms with E-state index in [0.29, 0.717) is 11.1 Å². The van der Waals surface area contributed by atoms with Crippen LogP contribution in [0.2, 0.25) is 5.02 Å². The average molecular weight is 354 g/mol. The van der Waals surface area contributed by atoms with Crippen LogP contribution >= 0.6 is 11.6 Å². The number of methoxy groups -OCH3 is 1. The topological polar surface area (TPSA) is 61.8 Å². The molecule has 1 atom stereocenters. The minimum Gasteiger partial charge on any atom is -0.385 e. The van der Waals surface area contributed by atoms with Crippen molar-refractivity contribution in [1.82, 2.24) is 15.6 Å². The standard InChI is InChI=1S/C17H28ClN5O/c1-19-17(21-9-4-3-5-12-24-2)22-14-8-11-23(13-14)16-15(18)7-6-10-20-16/h6-7,10,14H,3-5,8-9,11-13H2,1-2H3,(H2,19,21,22). The van der Waals surface area contributed by atoms with E-state index in [-0.39, 0.29) is 0 Å². The maximum Gasteiger partial charge on any atom is 0.191 e. The molecular weight excluding hydrogens is 326 g/mol. The molecule has 0 saturated carbocycles. The van der Waals surface area contributed by atoms with Crippen molar-refractivity contribution in [3.05, 3.63) is 23.4 Å². The van der Waals surface area contributed by atoms with Gasteiger partial charge in [-0.2, -0.15) is 0 Å². The first-order valence-electron chi connectivity index (χ1n) is 8.56. The van der Waals surface area contributed by atoms with Crippen molar-refractivity contribution in [2.24, 2.45) is 4.99 Å². The van der Waals surface area contributed by atoms with E-state index < -0.39 is 0 Å². The van der Waals surface area contributed by atoms with Gasteiger partial charge in [0.05, 0.1) is 5.02 Å². The molecule has 2 heterocycles. The van der Waals surface area contributed by atoms with Crippen molar-refractivity contribution in [1.29, 1.82) is 0 Å². The molecule has 1 aromatic heterocycles. The molecule has 7 heteroatoms. The molecule has 2 N–H and O–H groups in total. The summed E-state index contributed by atoms with van der Waals surface area (Å²) < 4.78 is 5.06. The minimum absolute atomic E-state index is 0.350. The second-order valence-electron chi connectivity index (χ2n) is 5.94. The van der Waals surface area contributed by atoms with Crippen LogP contribution < -0.4 is 15.5 Å². The van der Waals surface area contributed by atoms with Gasteiger partial charge in [-0.25, -0.2) is 4.98 Å². The van der Waals surface area contributed by atoms with Crippen molar-refractivity contribution in [3.63, 3.8) is 0 Å². The maximum atomic E-state index is 6.24. The molecule has 0 aliphatic carbocycles. The van der Waals surface area contributed by atoms with Gasteiger partial charge in [-0.1, -0.05) is 11.6 Å². The van der Waals surface area contributed by atoms with Crippen LogP contribution in [0.25, 0.3) is 0 Å². The van der Waals surface area contributed by atoms with E-state index in [1.807, 2.05) is 19.2 Å². The van der Waals surface area contributed by atoms with E-state index in [0.717, 1.165) is 63.7 Å². The first-order valence-corrected chi connectivity index (χ1v) is 8.94. The normalized spacial score (nSPS) is 18.0. The summed E-state index contributed by atoms with van der Waals surface area (Å²) in [5.74, 6) is 1.73. The van der Waals surface area contributed by atoms with Gasteiger partial charge in [0.15, 0.2) is 5.96 Å². The summed E-state index contributed by atoms with van der Waals surface area (Å²) in [4.78, 5) is 10.9. The van der Waals surface area contributed by atoms with Crippen molar-refractivity contribution < 1.29 is 4.74 Å². The highest BCUT2D eigenvalue weighted by Gasteiger charge is 2.25. The van der Waals surface area contributed by atoms with Crippen molar-refractivity contribution in [2.45, 2.75) is 31.7 Å². The van der Waals surface area contributed by atoms with Gasteiger partial charge in [0.25, 0.3) is 0 Å².